The van der Waals surface area contributed by atoms with Gasteiger partial charge in [-0.2, -0.15) is 0 Å². The summed E-state index contributed by atoms with van der Waals surface area (Å²) in [5, 5.41) is 3.37. The van der Waals surface area contributed by atoms with Gasteiger partial charge in [-0.1, -0.05) is 15.9 Å². The van der Waals surface area contributed by atoms with Crippen molar-refractivity contribution < 1.29 is 4.42 Å². The predicted octanol–water partition coefficient (Wildman–Crippen LogP) is 4.88. The van der Waals surface area contributed by atoms with E-state index in [1.165, 1.54) is 15.6 Å². The largest absolute Gasteiger partial charge is 0.454 e. The molecule has 1 N–H and O–H groups in total. The second-order valence-corrected chi connectivity index (χ2v) is 5.84. The first-order chi connectivity index (χ1) is 8.06. The number of aryl methyl sites for hydroxylation is 2. The van der Waals surface area contributed by atoms with E-state index in [2.05, 4.69) is 69.8 Å². The van der Waals surface area contributed by atoms with Crippen LogP contribution in [0.2, 0.25) is 0 Å². The fourth-order valence-electron chi connectivity index (χ4n) is 1.68. The van der Waals surface area contributed by atoms with Gasteiger partial charge in [0.25, 0.3) is 0 Å². The van der Waals surface area contributed by atoms with E-state index in [1.807, 2.05) is 12.1 Å². The summed E-state index contributed by atoms with van der Waals surface area (Å²) in [4.78, 5) is 0. The van der Waals surface area contributed by atoms with E-state index in [0.717, 1.165) is 15.2 Å². The molecule has 0 aliphatic carbocycles. The summed E-state index contributed by atoms with van der Waals surface area (Å²) >= 11 is 5.73. The molecule has 0 saturated heterocycles. The Bertz CT molecular complexity index is 513. The van der Waals surface area contributed by atoms with Crippen LogP contribution < -0.4 is 5.32 Å². The van der Waals surface area contributed by atoms with Gasteiger partial charge in [0.1, 0.15) is 5.76 Å². The molecule has 0 aliphatic rings. The molecule has 0 bridgehead atoms. The number of hydrogen-bond donors (Lipinski definition) is 1. The highest BCUT2D eigenvalue weighted by Gasteiger charge is 2.03. The van der Waals surface area contributed by atoms with Gasteiger partial charge in [0.05, 0.1) is 6.54 Å². The fraction of sp³-hybridized carbons (Fsp3) is 0.231. The highest BCUT2D eigenvalue weighted by Crippen LogP contribution is 2.25. The van der Waals surface area contributed by atoms with Gasteiger partial charge in [0.15, 0.2) is 3.77 Å². The molecule has 2 rings (SSSR count). The van der Waals surface area contributed by atoms with Crippen molar-refractivity contribution in [1.29, 1.82) is 0 Å². The zero-order valence-corrected chi connectivity index (χ0v) is 13.4. The molecule has 4 heteroatoms. The maximum absolute atomic E-state index is 5.50. The van der Waals surface area contributed by atoms with Crippen LogP contribution in [0.15, 0.2) is 33.2 Å². The maximum Gasteiger partial charge on any atom is 0.164 e. The molecule has 0 fully saturated rings. The van der Waals surface area contributed by atoms with Gasteiger partial charge in [-0.05, 0) is 71.8 Å². The first-order valence-electron chi connectivity index (χ1n) is 5.31. The minimum Gasteiger partial charge on any atom is -0.454 e. The first kappa shape index (κ1) is 13.0. The second kappa shape index (κ2) is 5.44. The van der Waals surface area contributed by atoms with E-state index in [9.17, 15) is 0 Å². The molecule has 0 amide bonds. The van der Waals surface area contributed by atoms with Gasteiger partial charge >= 0.3 is 0 Å². The summed E-state index contributed by atoms with van der Waals surface area (Å²) in [7, 11) is 0. The molecule has 1 heterocycles. The molecule has 0 saturated carbocycles. The van der Waals surface area contributed by atoms with E-state index in [-0.39, 0.29) is 0 Å². The van der Waals surface area contributed by atoms with Crippen molar-refractivity contribution in [1.82, 2.24) is 0 Å². The average Bonchev–Trinajstić information content (AvgIpc) is 2.69. The zero-order valence-electron chi connectivity index (χ0n) is 9.68. The van der Waals surface area contributed by atoms with E-state index < -0.39 is 0 Å². The Morgan fingerprint density at radius 2 is 1.88 bits per heavy atom. The number of hydrogen-bond acceptors (Lipinski definition) is 2. The third kappa shape index (κ3) is 3.25. The van der Waals surface area contributed by atoms with Crippen molar-refractivity contribution in [3.63, 3.8) is 0 Å². The second-order valence-electron chi connectivity index (χ2n) is 3.98. The van der Waals surface area contributed by atoms with Gasteiger partial charge in [0, 0.05) is 10.2 Å². The van der Waals surface area contributed by atoms with Gasteiger partial charge in [-0.3, -0.25) is 0 Å². The molecule has 2 nitrogen and oxygen atoms in total. The number of nitrogens with one attached hydrogen (secondary N) is 1. The normalized spacial score (nSPS) is 10.6. The van der Waals surface area contributed by atoms with Crippen LogP contribution in [0.5, 0.6) is 0 Å². The van der Waals surface area contributed by atoms with Gasteiger partial charge in [-0.15, -0.1) is 0 Å². The van der Waals surface area contributed by atoms with Crippen LogP contribution in [0.1, 0.15) is 16.9 Å². The van der Waals surface area contributed by atoms with E-state index in [1.54, 1.807) is 0 Å². The van der Waals surface area contributed by atoms with Gasteiger partial charge in [-0.25, -0.2) is 0 Å². The van der Waals surface area contributed by atoms with Gasteiger partial charge in [0.2, 0.25) is 0 Å². The predicted molar refractivity (Wildman–Crippen MR) is 82.4 cm³/mol. The molecule has 0 aliphatic heterocycles. The molecule has 1 aromatic heterocycles. The van der Waals surface area contributed by atoms with Crippen molar-refractivity contribution in [2.45, 2.75) is 20.4 Å². The highest BCUT2D eigenvalue weighted by molar-refractivity contribution is 14.1. The summed E-state index contributed by atoms with van der Waals surface area (Å²) in [5.74, 6) is 0.952. The van der Waals surface area contributed by atoms with Crippen molar-refractivity contribution in [3.8, 4) is 0 Å². The lowest BCUT2D eigenvalue weighted by Gasteiger charge is -2.09. The number of furan rings is 1. The highest BCUT2D eigenvalue weighted by atomic mass is 127. The van der Waals surface area contributed by atoms with Crippen LogP contribution in [0, 0.1) is 17.6 Å². The Hall–Kier alpha value is -0.490. The smallest absolute Gasteiger partial charge is 0.164 e. The SMILES string of the molecule is Cc1cc(NCc2ccc(I)o2)cc(C)c1Br. The lowest BCUT2D eigenvalue weighted by molar-refractivity contribution is 0.493. The Kier molecular flexibility index (Phi) is 4.14. The molecule has 90 valence electrons. The first-order valence-corrected chi connectivity index (χ1v) is 7.18. The van der Waals surface area contributed by atoms with Gasteiger partial charge < -0.3 is 9.73 Å². The molecule has 0 radical (unpaired) electrons. The summed E-state index contributed by atoms with van der Waals surface area (Å²) in [6.45, 7) is 4.90. The van der Waals surface area contributed by atoms with Crippen molar-refractivity contribution in [2.24, 2.45) is 0 Å². The molecule has 17 heavy (non-hydrogen) atoms. The Morgan fingerprint density at radius 3 is 2.41 bits per heavy atom. The number of anilines is 1. The van der Waals surface area contributed by atoms with E-state index in [4.69, 9.17) is 4.42 Å². The molecule has 0 spiro atoms. The van der Waals surface area contributed by atoms with Crippen LogP contribution in [-0.2, 0) is 6.54 Å². The minimum atomic E-state index is 0.712. The summed E-state index contributed by atoms with van der Waals surface area (Å²) < 4.78 is 7.60. The van der Waals surface area contributed by atoms with E-state index >= 15 is 0 Å². The van der Waals surface area contributed by atoms with Crippen LogP contribution in [0.3, 0.4) is 0 Å². The quantitative estimate of drug-likeness (QED) is 0.736. The minimum absolute atomic E-state index is 0.712. The Labute approximate surface area is 123 Å². The molecule has 0 atom stereocenters. The Balaban J connectivity index is 2.09. The number of halogens is 2. The molecular weight excluding hydrogens is 393 g/mol. The van der Waals surface area contributed by atoms with Crippen LogP contribution in [0.4, 0.5) is 5.69 Å². The topological polar surface area (TPSA) is 25.2 Å². The Morgan fingerprint density at radius 1 is 1.24 bits per heavy atom. The molecule has 1 aromatic carbocycles. The summed E-state index contributed by atoms with van der Waals surface area (Å²) in [6.07, 6.45) is 0. The molecule has 2 aromatic rings. The zero-order chi connectivity index (χ0) is 12.4. The lowest BCUT2D eigenvalue weighted by atomic mass is 10.1. The van der Waals surface area contributed by atoms with E-state index in [0.29, 0.717) is 6.54 Å². The number of benzene rings is 1. The lowest BCUT2D eigenvalue weighted by Crippen LogP contribution is -1.99. The number of rotatable bonds is 3. The summed E-state index contributed by atoms with van der Waals surface area (Å²) in [6, 6.07) is 8.22. The van der Waals surface area contributed by atoms with Crippen molar-refractivity contribution in [3.05, 3.63) is 49.4 Å². The van der Waals surface area contributed by atoms with Crippen LogP contribution in [-0.4, -0.2) is 0 Å². The van der Waals surface area contributed by atoms with Crippen LogP contribution >= 0.6 is 38.5 Å². The third-order valence-corrected chi connectivity index (χ3v) is 4.36. The van der Waals surface area contributed by atoms with Crippen molar-refractivity contribution >= 4 is 44.2 Å². The average molecular weight is 406 g/mol. The third-order valence-electron chi connectivity index (χ3n) is 2.53. The fourth-order valence-corrected chi connectivity index (χ4v) is 2.38. The standard InChI is InChI=1S/C13H13BrINO/c1-8-5-10(6-9(2)13(8)14)16-7-11-3-4-12(15)17-11/h3-6,16H,7H2,1-2H3. The molecule has 0 unspecified atom stereocenters. The maximum atomic E-state index is 5.50. The summed E-state index contributed by atoms with van der Waals surface area (Å²) in [5.41, 5.74) is 3.60. The van der Waals surface area contributed by atoms with Crippen LogP contribution in [0.25, 0.3) is 0 Å². The monoisotopic (exact) mass is 405 g/mol. The van der Waals surface area contributed by atoms with Crippen molar-refractivity contribution in [2.75, 3.05) is 5.32 Å². The molecular formula is C13H13BrINO.